The van der Waals surface area contributed by atoms with Gasteiger partial charge in [-0.15, -0.1) is 0 Å². The highest BCUT2D eigenvalue weighted by molar-refractivity contribution is 9.10. The maximum atomic E-state index is 12.2. The number of aromatic nitrogens is 1. The van der Waals surface area contributed by atoms with Crippen LogP contribution in [-0.4, -0.2) is 23.3 Å². The monoisotopic (exact) mass is 368 g/mol. The summed E-state index contributed by atoms with van der Waals surface area (Å²) in [7, 11) is 0. The number of nitrogens with one attached hydrogen (secondary N) is 2. The number of carbonyl (C=O) groups is 2. The van der Waals surface area contributed by atoms with Crippen LogP contribution >= 0.6 is 27.3 Å². The third-order valence-corrected chi connectivity index (χ3v) is 4.15. The van der Waals surface area contributed by atoms with E-state index in [0.29, 0.717) is 26.7 Å². The van der Waals surface area contributed by atoms with Crippen molar-refractivity contribution in [3.05, 3.63) is 40.0 Å². The van der Waals surface area contributed by atoms with Crippen LogP contribution in [0.1, 0.15) is 27.8 Å². The summed E-state index contributed by atoms with van der Waals surface area (Å²) in [4.78, 5) is 27.7. The van der Waals surface area contributed by atoms with Gasteiger partial charge < -0.3 is 16.4 Å². The molecular weight excluding hydrogens is 356 g/mol. The van der Waals surface area contributed by atoms with E-state index in [2.05, 4.69) is 31.5 Å². The molecule has 2 aromatic rings. The number of halogens is 1. The van der Waals surface area contributed by atoms with Crippen LogP contribution in [0.25, 0.3) is 0 Å². The Morgan fingerprint density at radius 1 is 1.38 bits per heavy atom. The highest BCUT2D eigenvalue weighted by Gasteiger charge is 2.19. The first-order chi connectivity index (χ1) is 10.0. The number of nitrogens with zero attached hydrogens (tertiary/aromatic N) is 1. The molecule has 6 nitrogen and oxygen atoms in total. The van der Waals surface area contributed by atoms with E-state index in [0.717, 1.165) is 0 Å². The van der Waals surface area contributed by atoms with E-state index in [1.54, 1.807) is 18.2 Å². The van der Waals surface area contributed by atoms with Gasteiger partial charge in [-0.1, -0.05) is 23.5 Å². The highest BCUT2D eigenvalue weighted by Crippen LogP contribution is 2.29. The molecule has 8 heteroatoms. The summed E-state index contributed by atoms with van der Waals surface area (Å²) < 4.78 is 0.666. The molecule has 0 radical (unpaired) electrons. The van der Waals surface area contributed by atoms with Gasteiger partial charge >= 0.3 is 0 Å². The van der Waals surface area contributed by atoms with Crippen molar-refractivity contribution in [3.8, 4) is 0 Å². The predicted octanol–water partition coefficient (Wildman–Crippen LogP) is 2.69. The zero-order valence-electron chi connectivity index (χ0n) is 11.1. The van der Waals surface area contributed by atoms with E-state index >= 15 is 0 Å². The van der Waals surface area contributed by atoms with Gasteiger partial charge in [-0.25, -0.2) is 4.98 Å². The second kappa shape index (κ2) is 6.68. The summed E-state index contributed by atoms with van der Waals surface area (Å²) in [6.45, 7) is 2.56. The first-order valence-electron chi connectivity index (χ1n) is 6.13. The van der Waals surface area contributed by atoms with Gasteiger partial charge in [0.15, 0.2) is 10.8 Å². The number of amides is 2. The molecule has 0 saturated carbocycles. The van der Waals surface area contributed by atoms with E-state index < -0.39 is 5.91 Å². The molecular formula is C13H13BrN4O2S. The van der Waals surface area contributed by atoms with Crippen molar-refractivity contribution >= 4 is 49.2 Å². The lowest BCUT2D eigenvalue weighted by atomic mass is 10.2. The number of nitrogens with two attached hydrogens (primary N) is 1. The van der Waals surface area contributed by atoms with Crippen LogP contribution in [0.4, 0.5) is 10.1 Å². The minimum absolute atomic E-state index is 0.0522. The molecule has 1 aromatic heterocycles. The Labute approximate surface area is 133 Å². The molecule has 21 heavy (non-hydrogen) atoms. The lowest BCUT2D eigenvalue weighted by molar-refractivity contribution is 0.0997. The number of hydrogen-bond acceptors (Lipinski definition) is 5. The van der Waals surface area contributed by atoms with Crippen molar-refractivity contribution in [3.63, 3.8) is 0 Å². The first-order valence-corrected chi connectivity index (χ1v) is 7.74. The molecule has 0 fully saturated rings. The lowest BCUT2D eigenvalue weighted by Gasteiger charge is -2.05. The minimum atomic E-state index is -0.683. The maximum Gasteiger partial charge on any atom is 0.270 e. The van der Waals surface area contributed by atoms with Gasteiger partial charge in [0.2, 0.25) is 0 Å². The zero-order valence-corrected chi connectivity index (χ0v) is 13.5. The topological polar surface area (TPSA) is 97.1 Å². The summed E-state index contributed by atoms with van der Waals surface area (Å²) in [5.41, 5.74) is 5.80. The number of benzene rings is 1. The molecule has 0 unspecified atom stereocenters. The molecule has 0 atom stereocenters. The van der Waals surface area contributed by atoms with Gasteiger partial charge in [-0.05, 0) is 35.0 Å². The van der Waals surface area contributed by atoms with Crippen LogP contribution in [0.3, 0.4) is 0 Å². The number of anilines is 2. The number of primary amides is 1. The average molecular weight is 369 g/mol. The van der Waals surface area contributed by atoms with Crippen LogP contribution in [0, 0.1) is 0 Å². The molecule has 4 N–H and O–H groups in total. The highest BCUT2D eigenvalue weighted by atomic mass is 79.9. The van der Waals surface area contributed by atoms with Crippen molar-refractivity contribution < 1.29 is 9.59 Å². The Hall–Kier alpha value is -1.93. The smallest absolute Gasteiger partial charge is 0.270 e. The predicted molar refractivity (Wildman–Crippen MR) is 86.9 cm³/mol. The van der Waals surface area contributed by atoms with E-state index in [1.165, 1.54) is 11.3 Å². The number of thiazole rings is 1. The van der Waals surface area contributed by atoms with Gasteiger partial charge in [-0.2, -0.15) is 0 Å². The first kappa shape index (κ1) is 15.5. The van der Waals surface area contributed by atoms with Crippen molar-refractivity contribution in [1.29, 1.82) is 0 Å². The molecule has 1 aromatic carbocycles. The standard InChI is InChI=1S/C13H13BrN4O2S/c1-2-16-13-17-9(10(15)19)12(21-13)18-11(20)7-5-3-4-6-8(7)14/h3-6H,2H2,1H3,(H2,15,19)(H,16,17)(H,18,20). The minimum Gasteiger partial charge on any atom is -0.364 e. The molecule has 0 aliphatic heterocycles. The fourth-order valence-electron chi connectivity index (χ4n) is 1.61. The molecule has 2 amide bonds. The van der Waals surface area contributed by atoms with Gasteiger partial charge in [-0.3, -0.25) is 9.59 Å². The third kappa shape index (κ3) is 3.59. The summed E-state index contributed by atoms with van der Waals surface area (Å²) >= 11 is 4.48. The third-order valence-electron chi connectivity index (χ3n) is 2.53. The molecule has 0 aliphatic rings. The van der Waals surface area contributed by atoms with Crippen LogP contribution in [0.5, 0.6) is 0 Å². The van der Waals surface area contributed by atoms with Crippen molar-refractivity contribution in [2.45, 2.75) is 6.92 Å². The van der Waals surface area contributed by atoms with Crippen molar-refractivity contribution in [2.75, 3.05) is 17.2 Å². The molecule has 0 aliphatic carbocycles. The van der Waals surface area contributed by atoms with E-state index in [9.17, 15) is 9.59 Å². The maximum absolute atomic E-state index is 12.2. The number of carbonyl (C=O) groups excluding carboxylic acids is 2. The van der Waals surface area contributed by atoms with Gasteiger partial charge in [0.25, 0.3) is 11.8 Å². The fraction of sp³-hybridized carbons (Fsp3) is 0.154. The van der Waals surface area contributed by atoms with Crippen molar-refractivity contribution in [2.24, 2.45) is 5.73 Å². The number of rotatable bonds is 5. The molecule has 2 rings (SSSR count). The SMILES string of the molecule is CCNc1nc(C(N)=O)c(NC(=O)c2ccccc2Br)s1. The Bertz CT molecular complexity index is 687. The summed E-state index contributed by atoms with van der Waals surface area (Å²) in [5.74, 6) is -1.02. The van der Waals surface area contributed by atoms with Gasteiger partial charge in [0, 0.05) is 11.0 Å². The Morgan fingerprint density at radius 3 is 2.71 bits per heavy atom. The van der Waals surface area contributed by atoms with Crippen LogP contribution in [-0.2, 0) is 0 Å². The molecule has 110 valence electrons. The van der Waals surface area contributed by atoms with E-state index in [1.807, 2.05) is 13.0 Å². The normalized spacial score (nSPS) is 10.2. The Morgan fingerprint density at radius 2 is 2.10 bits per heavy atom. The lowest BCUT2D eigenvalue weighted by Crippen LogP contribution is -2.17. The van der Waals surface area contributed by atoms with Crippen LogP contribution in [0.2, 0.25) is 0 Å². The second-order valence-electron chi connectivity index (χ2n) is 4.03. The second-order valence-corrected chi connectivity index (χ2v) is 5.88. The molecule has 0 spiro atoms. The van der Waals surface area contributed by atoms with Gasteiger partial charge in [0.05, 0.1) is 5.56 Å². The molecule has 0 saturated heterocycles. The number of hydrogen-bond donors (Lipinski definition) is 3. The molecule has 0 bridgehead atoms. The van der Waals surface area contributed by atoms with Crippen molar-refractivity contribution in [1.82, 2.24) is 4.98 Å². The largest absolute Gasteiger partial charge is 0.364 e. The summed E-state index contributed by atoms with van der Waals surface area (Å²) in [6, 6.07) is 7.01. The summed E-state index contributed by atoms with van der Waals surface area (Å²) in [6.07, 6.45) is 0. The van der Waals surface area contributed by atoms with Crippen LogP contribution in [0.15, 0.2) is 28.7 Å². The van der Waals surface area contributed by atoms with Crippen LogP contribution < -0.4 is 16.4 Å². The summed E-state index contributed by atoms with van der Waals surface area (Å²) in [5, 5.41) is 6.53. The van der Waals surface area contributed by atoms with Gasteiger partial charge in [0.1, 0.15) is 5.00 Å². The quantitative estimate of drug-likeness (QED) is 0.755. The average Bonchev–Trinajstić information content (AvgIpc) is 2.82. The Kier molecular flexibility index (Phi) is 4.92. The van der Waals surface area contributed by atoms with E-state index in [4.69, 9.17) is 5.73 Å². The van der Waals surface area contributed by atoms with E-state index in [-0.39, 0.29) is 11.6 Å². The fourth-order valence-corrected chi connectivity index (χ4v) is 3.01. The zero-order chi connectivity index (χ0) is 15.4. The Balaban J connectivity index is 2.28. The molecule has 1 heterocycles.